The molecule has 1 aliphatic rings. The summed E-state index contributed by atoms with van der Waals surface area (Å²) in [5.41, 5.74) is 8.23. The third kappa shape index (κ3) is 2.02. The molecule has 1 aromatic heterocycles. The molecule has 0 bridgehead atoms. The Morgan fingerprint density at radius 1 is 0.889 bits per heavy atom. The van der Waals surface area contributed by atoms with E-state index in [0.717, 1.165) is 29.8 Å². The fourth-order valence-corrected chi connectivity index (χ4v) is 2.59. The largest absolute Gasteiger partial charge is 0.319 e. The van der Waals surface area contributed by atoms with Gasteiger partial charge in [0.15, 0.2) is 0 Å². The van der Waals surface area contributed by atoms with E-state index in [1.54, 1.807) is 0 Å². The van der Waals surface area contributed by atoms with Crippen molar-refractivity contribution >= 4 is 0 Å². The van der Waals surface area contributed by atoms with Gasteiger partial charge < -0.3 is 5.73 Å². The molecule has 18 heavy (non-hydrogen) atoms. The van der Waals surface area contributed by atoms with Crippen molar-refractivity contribution in [3.63, 3.8) is 0 Å². The zero-order chi connectivity index (χ0) is 12.4. The van der Waals surface area contributed by atoms with Gasteiger partial charge in [0.25, 0.3) is 0 Å². The van der Waals surface area contributed by atoms with Crippen LogP contribution in [0.15, 0.2) is 42.7 Å². The molecule has 0 saturated heterocycles. The van der Waals surface area contributed by atoms with Crippen molar-refractivity contribution in [3.05, 3.63) is 48.5 Å². The van der Waals surface area contributed by atoms with Gasteiger partial charge in [-0.25, -0.2) is 9.97 Å². The van der Waals surface area contributed by atoms with Crippen molar-refractivity contribution in [1.29, 1.82) is 0 Å². The van der Waals surface area contributed by atoms with Crippen LogP contribution in [-0.2, 0) is 5.54 Å². The molecule has 2 N–H and O–H groups in total. The quantitative estimate of drug-likeness (QED) is 0.876. The van der Waals surface area contributed by atoms with E-state index in [-0.39, 0.29) is 5.54 Å². The maximum atomic E-state index is 6.34. The van der Waals surface area contributed by atoms with Gasteiger partial charge in [-0.3, -0.25) is 0 Å². The van der Waals surface area contributed by atoms with E-state index in [1.807, 2.05) is 30.6 Å². The highest BCUT2D eigenvalue weighted by molar-refractivity contribution is 5.61. The Morgan fingerprint density at radius 3 is 2.11 bits per heavy atom. The Labute approximate surface area is 107 Å². The minimum absolute atomic E-state index is 0.296. The van der Waals surface area contributed by atoms with Crippen LogP contribution >= 0.6 is 0 Å². The second-order valence-electron chi connectivity index (χ2n) is 5.02. The summed E-state index contributed by atoms with van der Waals surface area (Å²) in [4.78, 5) is 8.95. The first-order valence-corrected chi connectivity index (χ1v) is 6.45. The highest BCUT2D eigenvalue weighted by Gasteiger charge is 2.33. The Bertz CT molecular complexity index is 513. The van der Waals surface area contributed by atoms with E-state index in [1.165, 1.54) is 12.8 Å². The van der Waals surface area contributed by atoms with Crippen LogP contribution < -0.4 is 5.73 Å². The summed E-state index contributed by atoms with van der Waals surface area (Å²) in [5, 5.41) is 0. The number of hydrogen-bond donors (Lipinski definition) is 1. The average molecular weight is 239 g/mol. The normalized spacial score (nSPS) is 17.8. The zero-order valence-corrected chi connectivity index (χ0v) is 10.3. The summed E-state index contributed by atoms with van der Waals surface area (Å²) in [6.07, 6.45) is 8.12. The van der Waals surface area contributed by atoms with Gasteiger partial charge in [0.2, 0.25) is 0 Å². The smallest absolute Gasteiger partial charge is 0.148 e. The molecule has 92 valence electrons. The minimum Gasteiger partial charge on any atom is -0.319 e. The molecule has 0 aliphatic heterocycles. The topological polar surface area (TPSA) is 51.8 Å². The Balaban J connectivity index is 1.90. The molecule has 1 aromatic carbocycles. The van der Waals surface area contributed by atoms with Gasteiger partial charge in [-0.15, -0.1) is 0 Å². The van der Waals surface area contributed by atoms with Crippen LogP contribution in [0.2, 0.25) is 0 Å². The first kappa shape index (κ1) is 11.4. The standard InChI is InChI=1S/C15H17N3/c16-15(8-4-5-9-15)14-17-10-13(11-18-14)12-6-2-1-3-7-12/h1-3,6-7,10-11H,4-5,8-9,16H2. The van der Waals surface area contributed by atoms with Crippen molar-refractivity contribution in [2.45, 2.75) is 31.2 Å². The van der Waals surface area contributed by atoms with E-state index in [0.29, 0.717) is 0 Å². The van der Waals surface area contributed by atoms with Gasteiger partial charge >= 0.3 is 0 Å². The average Bonchev–Trinajstić information content (AvgIpc) is 2.88. The molecule has 0 spiro atoms. The Morgan fingerprint density at radius 2 is 1.50 bits per heavy atom. The monoisotopic (exact) mass is 239 g/mol. The number of nitrogens with zero attached hydrogens (tertiary/aromatic N) is 2. The summed E-state index contributed by atoms with van der Waals surface area (Å²) in [6.45, 7) is 0. The first-order valence-electron chi connectivity index (χ1n) is 6.45. The molecule has 1 heterocycles. The molecule has 1 saturated carbocycles. The van der Waals surface area contributed by atoms with E-state index in [9.17, 15) is 0 Å². The summed E-state index contributed by atoms with van der Waals surface area (Å²) >= 11 is 0. The second kappa shape index (κ2) is 4.50. The molecule has 3 nitrogen and oxygen atoms in total. The van der Waals surface area contributed by atoms with Gasteiger partial charge in [-0.05, 0) is 18.4 Å². The number of benzene rings is 1. The van der Waals surface area contributed by atoms with Gasteiger partial charge in [-0.2, -0.15) is 0 Å². The van der Waals surface area contributed by atoms with E-state index >= 15 is 0 Å². The highest BCUT2D eigenvalue weighted by Crippen LogP contribution is 2.34. The van der Waals surface area contributed by atoms with Crippen molar-refractivity contribution in [2.75, 3.05) is 0 Å². The Kier molecular flexibility index (Phi) is 2.84. The highest BCUT2D eigenvalue weighted by atomic mass is 15.0. The fraction of sp³-hybridized carbons (Fsp3) is 0.333. The summed E-state index contributed by atoms with van der Waals surface area (Å²) in [5.74, 6) is 0.791. The molecule has 1 aliphatic carbocycles. The molecule has 1 fully saturated rings. The molecular weight excluding hydrogens is 222 g/mol. The van der Waals surface area contributed by atoms with Crippen molar-refractivity contribution < 1.29 is 0 Å². The van der Waals surface area contributed by atoms with Crippen molar-refractivity contribution in [3.8, 4) is 11.1 Å². The molecule has 3 rings (SSSR count). The number of nitrogens with two attached hydrogens (primary N) is 1. The summed E-state index contributed by atoms with van der Waals surface area (Å²) in [6, 6.07) is 10.2. The predicted molar refractivity (Wildman–Crippen MR) is 71.8 cm³/mol. The van der Waals surface area contributed by atoms with Crippen molar-refractivity contribution in [1.82, 2.24) is 9.97 Å². The third-order valence-electron chi connectivity index (χ3n) is 3.70. The third-order valence-corrected chi connectivity index (χ3v) is 3.70. The maximum Gasteiger partial charge on any atom is 0.148 e. The molecule has 0 atom stereocenters. The predicted octanol–water partition coefficient (Wildman–Crippen LogP) is 2.87. The van der Waals surface area contributed by atoms with Gasteiger partial charge in [0, 0.05) is 18.0 Å². The first-order chi connectivity index (χ1) is 8.78. The van der Waals surface area contributed by atoms with E-state index in [4.69, 9.17) is 5.73 Å². The lowest BCUT2D eigenvalue weighted by molar-refractivity contribution is 0.431. The number of aromatic nitrogens is 2. The van der Waals surface area contributed by atoms with Crippen LogP contribution in [0.5, 0.6) is 0 Å². The molecule has 0 unspecified atom stereocenters. The van der Waals surface area contributed by atoms with Gasteiger partial charge in [0.1, 0.15) is 5.82 Å². The molecule has 2 aromatic rings. The van der Waals surface area contributed by atoms with Crippen LogP contribution in [0.25, 0.3) is 11.1 Å². The lowest BCUT2D eigenvalue weighted by atomic mass is 9.98. The van der Waals surface area contributed by atoms with Crippen molar-refractivity contribution in [2.24, 2.45) is 5.73 Å². The molecule has 0 radical (unpaired) electrons. The van der Waals surface area contributed by atoms with Gasteiger partial charge in [-0.1, -0.05) is 43.2 Å². The second-order valence-corrected chi connectivity index (χ2v) is 5.02. The van der Waals surface area contributed by atoms with Crippen LogP contribution in [0.3, 0.4) is 0 Å². The van der Waals surface area contributed by atoms with Crippen LogP contribution in [0.4, 0.5) is 0 Å². The zero-order valence-electron chi connectivity index (χ0n) is 10.3. The number of rotatable bonds is 2. The lowest BCUT2D eigenvalue weighted by Gasteiger charge is -2.21. The van der Waals surface area contributed by atoms with Crippen LogP contribution in [-0.4, -0.2) is 9.97 Å². The minimum atomic E-state index is -0.296. The molecule has 0 amide bonds. The van der Waals surface area contributed by atoms with Crippen LogP contribution in [0, 0.1) is 0 Å². The van der Waals surface area contributed by atoms with E-state index < -0.39 is 0 Å². The SMILES string of the molecule is NC1(c2ncc(-c3ccccc3)cn2)CCCC1. The maximum absolute atomic E-state index is 6.34. The lowest BCUT2D eigenvalue weighted by Crippen LogP contribution is -2.35. The fourth-order valence-electron chi connectivity index (χ4n) is 2.59. The van der Waals surface area contributed by atoms with Crippen LogP contribution in [0.1, 0.15) is 31.5 Å². The summed E-state index contributed by atoms with van der Waals surface area (Å²) < 4.78 is 0. The molecular formula is C15H17N3. The summed E-state index contributed by atoms with van der Waals surface area (Å²) in [7, 11) is 0. The van der Waals surface area contributed by atoms with E-state index in [2.05, 4.69) is 22.1 Å². The number of hydrogen-bond acceptors (Lipinski definition) is 3. The Hall–Kier alpha value is -1.74. The van der Waals surface area contributed by atoms with Gasteiger partial charge in [0.05, 0.1) is 5.54 Å². The molecule has 3 heteroatoms.